The van der Waals surface area contributed by atoms with E-state index in [4.69, 9.17) is 0 Å². The van der Waals surface area contributed by atoms with Crippen LogP contribution in [0.2, 0.25) is 0 Å². The lowest BCUT2D eigenvalue weighted by molar-refractivity contribution is 0.223. The maximum absolute atomic E-state index is 10.3. The Bertz CT molecular complexity index is 475. The first-order chi connectivity index (χ1) is 8.22. The molecule has 0 amide bonds. The predicted octanol–water partition coefficient (Wildman–Crippen LogP) is 4.54. The Labute approximate surface area is 114 Å². The molecule has 0 saturated heterocycles. The average Bonchev–Trinajstić information content (AvgIpc) is 2.76. The van der Waals surface area contributed by atoms with Crippen LogP contribution in [0.15, 0.2) is 40.2 Å². The summed E-state index contributed by atoms with van der Waals surface area (Å²) in [6.07, 6.45) is 1.72. The summed E-state index contributed by atoms with van der Waals surface area (Å²) in [5, 5.41) is 12.2. The molecule has 1 heterocycles. The molecule has 0 aliphatic heterocycles. The van der Waals surface area contributed by atoms with Crippen molar-refractivity contribution in [1.82, 2.24) is 0 Å². The van der Waals surface area contributed by atoms with Crippen LogP contribution < -0.4 is 0 Å². The number of hydrogen-bond donors (Lipinski definition) is 1. The minimum Gasteiger partial charge on any atom is -0.383 e. The normalized spacial score (nSPS) is 12.6. The zero-order valence-corrected chi connectivity index (χ0v) is 12.1. The van der Waals surface area contributed by atoms with E-state index in [0.29, 0.717) is 0 Å². The molecule has 1 nitrogen and oxygen atoms in total. The van der Waals surface area contributed by atoms with Crippen LogP contribution in [-0.4, -0.2) is 5.11 Å². The number of halogens is 1. The summed E-state index contributed by atoms with van der Waals surface area (Å²) in [6.45, 7) is 2.17. The standard InChI is InChI=1S/C14H15BrOS/c1-2-3-10-4-6-11(7-5-10)13(16)14-12(15)8-9-17-14/h4-9,13,16H,2-3H2,1H3. The number of aliphatic hydroxyl groups excluding tert-OH is 1. The molecule has 0 spiro atoms. The summed E-state index contributed by atoms with van der Waals surface area (Å²) in [7, 11) is 0. The molecule has 0 saturated carbocycles. The Morgan fingerprint density at radius 2 is 1.94 bits per heavy atom. The Morgan fingerprint density at radius 1 is 1.24 bits per heavy atom. The van der Waals surface area contributed by atoms with Crippen molar-refractivity contribution in [2.45, 2.75) is 25.9 Å². The highest BCUT2D eigenvalue weighted by atomic mass is 79.9. The van der Waals surface area contributed by atoms with Gasteiger partial charge in [-0.1, -0.05) is 37.6 Å². The average molecular weight is 311 g/mol. The van der Waals surface area contributed by atoms with Gasteiger partial charge in [0.15, 0.2) is 0 Å². The smallest absolute Gasteiger partial charge is 0.114 e. The fraction of sp³-hybridized carbons (Fsp3) is 0.286. The van der Waals surface area contributed by atoms with Gasteiger partial charge in [0.05, 0.1) is 4.88 Å². The van der Waals surface area contributed by atoms with E-state index in [-0.39, 0.29) is 0 Å². The Balaban J connectivity index is 2.20. The van der Waals surface area contributed by atoms with Crippen molar-refractivity contribution in [2.75, 3.05) is 0 Å². The molecule has 3 heteroatoms. The van der Waals surface area contributed by atoms with Crippen molar-refractivity contribution in [3.05, 3.63) is 56.2 Å². The molecule has 1 atom stereocenters. The lowest BCUT2D eigenvalue weighted by Gasteiger charge is -2.10. The summed E-state index contributed by atoms with van der Waals surface area (Å²) in [6, 6.07) is 10.2. The number of hydrogen-bond acceptors (Lipinski definition) is 2. The highest BCUT2D eigenvalue weighted by Gasteiger charge is 2.14. The summed E-state index contributed by atoms with van der Waals surface area (Å²) < 4.78 is 0.979. The number of benzene rings is 1. The van der Waals surface area contributed by atoms with E-state index in [9.17, 15) is 5.11 Å². The van der Waals surface area contributed by atoms with Gasteiger partial charge in [-0.25, -0.2) is 0 Å². The molecule has 0 bridgehead atoms. The maximum atomic E-state index is 10.3. The molecule has 0 fully saturated rings. The minimum atomic E-state index is -0.528. The second-order valence-electron chi connectivity index (χ2n) is 4.03. The molecule has 0 aliphatic carbocycles. The van der Waals surface area contributed by atoms with Crippen LogP contribution in [0.3, 0.4) is 0 Å². The molecular formula is C14H15BrOS. The highest BCUT2D eigenvalue weighted by Crippen LogP contribution is 2.33. The molecule has 17 heavy (non-hydrogen) atoms. The van der Waals surface area contributed by atoms with Crippen molar-refractivity contribution in [1.29, 1.82) is 0 Å². The lowest BCUT2D eigenvalue weighted by Crippen LogP contribution is -1.98. The van der Waals surface area contributed by atoms with E-state index in [1.807, 2.05) is 23.6 Å². The first-order valence-corrected chi connectivity index (χ1v) is 7.39. The molecule has 1 aromatic heterocycles. The van der Waals surface area contributed by atoms with E-state index < -0.39 is 6.10 Å². The molecule has 1 aromatic carbocycles. The molecule has 1 N–H and O–H groups in total. The molecule has 1 unspecified atom stereocenters. The van der Waals surface area contributed by atoms with Crippen LogP contribution in [0.5, 0.6) is 0 Å². The molecular weight excluding hydrogens is 296 g/mol. The zero-order valence-electron chi connectivity index (χ0n) is 9.69. The molecule has 0 radical (unpaired) electrons. The fourth-order valence-electron chi connectivity index (χ4n) is 1.81. The van der Waals surface area contributed by atoms with Crippen LogP contribution in [0.25, 0.3) is 0 Å². The van der Waals surface area contributed by atoms with Crippen molar-refractivity contribution in [2.24, 2.45) is 0 Å². The molecule has 2 rings (SSSR count). The van der Waals surface area contributed by atoms with Gasteiger partial charge in [-0.15, -0.1) is 11.3 Å². The van der Waals surface area contributed by atoms with Crippen molar-refractivity contribution in [3.63, 3.8) is 0 Å². The second-order valence-corrected chi connectivity index (χ2v) is 5.83. The van der Waals surface area contributed by atoms with Gasteiger partial charge in [0.25, 0.3) is 0 Å². The SMILES string of the molecule is CCCc1ccc(C(O)c2sccc2Br)cc1. The first-order valence-electron chi connectivity index (χ1n) is 5.72. The Hall–Kier alpha value is -0.640. The largest absolute Gasteiger partial charge is 0.383 e. The molecule has 0 aliphatic rings. The third kappa shape index (κ3) is 2.97. The number of aliphatic hydroxyl groups is 1. The monoisotopic (exact) mass is 310 g/mol. The van der Waals surface area contributed by atoms with Gasteiger partial charge >= 0.3 is 0 Å². The summed E-state index contributed by atoms with van der Waals surface area (Å²) in [4.78, 5) is 0.966. The van der Waals surface area contributed by atoms with E-state index >= 15 is 0 Å². The van der Waals surface area contributed by atoms with Gasteiger partial charge < -0.3 is 5.11 Å². The second kappa shape index (κ2) is 5.80. The highest BCUT2D eigenvalue weighted by molar-refractivity contribution is 9.10. The van der Waals surface area contributed by atoms with Gasteiger partial charge in [0.1, 0.15) is 6.10 Å². The Morgan fingerprint density at radius 3 is 2.47 bits per heavy atom. The summed E-state index contributed by atoms with van der Waals surface area (Å²) in [5.74, 6) is 0. The van der Waals surface area contributed by atoms with Gasteiger partial charge in [-0.05, 0) is 44.9 Å². The topological polar surface area (TPSA) is 20.2 Å². The Kier molecular flexibility index (Phi) is 4.37. The number of rotatable bonds is 4. The van der Waals surface area contributed by atoms with Crippen LogP contribution in [0.4, 0.5) is 0 Å². The van der Waals surface area contributed by atoms with E-state index in [1.165, 1.54) is 5.56 Å². The van der Waals surface area contributed by atoms with Crippen LogP contribution in [0, 0.1) is 0 Å². The van der Waals surface area contributed by atoms with Gasteiger partial charge in [-0.2, -0.15) is 0 Å². The van der Waals surface area contributed by atoms with Gasteiger partial charge in [0, 0.05) is 4.47 Å². The first kappa shape index (κ1) is 12.8. The molecule has 2 aromatic rings. The maximum Gasteiger partial charge on any atom is 0.114 e. The van der Waals surface area contributed by atoms with E-state index in [0.717, 1.165) is 27.8 Å². The predicted molar refractivity (Wildman–Crippen MR) is 76.5 cm³/mol. The summed E-state index contributed by atoms with van der Waals surface area (Å²) >= 11 is 5.02. The fourth-order valence-corrected chi connectivity index (χ4v) is 3.41. The summed E-state index contributed by atoms with van der Waals surface area (Å²) in [5.41, 5.74) is 2.28. The van der Waals surface area contributed by atoms with E-state index in [1.54, 1.807) is 11.3 Å². The van der Waals surface area contributed by atoms with Gasteiger partial charge in [-0.3, -0.25) is 0 Å². The zero-order chi connectivity index (χ0) is 12.3. The number of aryl methyl sites for hydroxylation is 1. The number of thiophene rings is 1. The minimum absolute atomic E-state index is 0.528. The third-order valence-corrected chi connectivity index (χ3v) is 4.65. The van der Waals surface area contributed by atoms with Crippen LogP contribution >= 0.6 is 27.3 Å². The lowest BCUT2D eigenvalue weighted by atomic mass is 10.0. The quantitative estimate of drug-likeness (QED) is 0.878. The third-order valence-electron chi connectivity index (χ3n) is 2.73. The van der Waals surface area contributed by atoms with Crippen molar-refractivity contribution >= 4 is 27.3 Å². The van der Waals surface area contributed by atoms with Crippen LogP contribution in [0.1, 0.15) is 35.5 Å². The van der Waals surface area contributed by atoms with Gasteiger partial charge in [0.2, 0.25) is 0 Å². The molecule has 90 valence electrons. The van der Waals surface area contributed by atoms with Crippen LogP contribution in [-0.2, 0) is 6.42 Å². The van der Waals surface area contributed by atoms with Crippen molar-refractivity contribution < 1.29 is 5.11 Å². The van der Waals surface area contributed by atoms with Crippen molar-refractivity contribution in [3.8, 4) is 0 Å². The van der Waals surface area contributed by atoms with E-state index in [2.05, 4.69) is 35.0 Å².